The third-order valence-electron chi connectivity index (χ3n) is 4.09. The van der Waals surface area contributed by atoms with Gasteiger partial charge >= 0.3 is 0 Å². The fraction of sp³-hybridized carbons (Fsp3) is 0.471. The fourth-order valence-electron chi connectivity index (χ4n) is 3.03. The van der Waals surface area contributed by atoms with Crippen molar-refractivity contribution in [3.63, 3.8) is 0 Å². The first-order valence-electron chi connectivity index (χ1n) is 7.68. The van der Waals surface area contributed by atoms with E-state index in [1.807, 2.05) is 7.05 Å². The lowest BCUT2D eigenvalue weighted by molar-refractivity contribution is 0.890. The van der Waals surface area contributed by atoms with Crippen LogP contribution in [0.1, 0.15) is 31.9 Å². The monoisotopic (exact) mass is 269 g/mol. The van der Waals surface area contributed by atoms with Gasteiger partial charge in [0.1, 0.15) is 0 Å². The molecule has 0 unspecified atom stereocenters. The zero-order valence-corrected chi connectivity index (χ0v) is 12.4. The molecular weight excluding hydrogens is 246 g/mol. The average molecular weight is 269 g/mol. The highest BCUT2D eigenvalue weighted by atomic mass is 15.1. The summed E-state index contributed by atoms with van der Waals surface area (Å²) in [6.07, 6.45) is 4.79. The molecule has 0 amide bonds. The van der Waals surface area contributed by atoms with E-state index in [4.69, 9.17) is 4.98 Å². The SMILES string of the molecule is CCCc1cc(NC)c2cc(N3CCCC3)ccc2n1. The summed E-state index contributed by atoms with van der Waals surface area (Å²) in [5.41, 5.74) is 4.80. The van der Waals surface area contributed by atoms with Gasteiger partial charge in [0.05, 0.1) is 5.52 Å². The number of pyridine rings is 1. The van der Waals surface area contributed by atoms with Crippen molar-refractivity contribution in [2.24, 2.45) is 0 Å². The second kappa shape index (κ2) is 5.70. The van der Waals surface area contributed by atoms with Crippen molar-refractivity contribution in [2.45, 2.75) is 32.6 Å². The van der Waals surface area contributed by atoms with Crippen molar-refractivity contribution in [1.29, 1.82) is 0 Å². The van der Waals surface area contributed by atoms with E-state index in [-0.39, 0.29) is 0 Å². The van der Waals surface area contributed by atoms with Crippen LogP contribution in [0.3, 0.4) is 0 Å². The molecule has 106 valence electrons. The van der Waals surface area contributed by atoms with Crippen LogP contribution in [0, 0.1) is 0 Å². The van der Waals surface area contributed by atoms with Crippen LogP contribution in [0.4, 0.5) is 11.4 Å². The van der Waals surface area contributed by atoms with Crippen LogP contribution >= 0.6 is 0 Å². The first-order chi connectivity index (χ1) is 9.81. The molecule has 1 aliphatic heterocycles. The fourth-order valence-corrected chi connectivity index (χ4v) is 3.03. The van der Waals surface area contributed by atoms with Crippen molar-refractivity contribution in [2.75, 3.05) is 30.4 Å². The van der Waals surface area contributed by atoms with Crippen molar-refractivity contribution in [3.05, 3.63) is 30.0 Å². The van der Waals surface area contributed by atoms with Crippen LogP contribution in [0.5, 0.6) is 0 Å². The quantitative estimate of drug-likeness (QED) is 0.914. The maximum absolute atomic E-state index is 4.78. The molecule has 1 aliphatic rings. The predicted octanol–water partition coefficient (Wildman–Crippen LogP) is 3.83. The minimum Gasteiger partial charge on any atom is -0.388 e. The van der Waals surface area contributed by atoms with Gasteiger partial charge in [-0.2, -0.15) is 0 Å². The number of hydrogen-bond acceptors (Lipinski definition) is 3. The Bertz CT molecular complexity index is 600. The Hall–Kier alpha value is -1.77. The summed E-state index contributed by atoms with van der Waals surface area (Å²) in [5, 5.41) is 4.56. The summed E-state index contributed by atoms with van der Waals surface area (Å²) in [6, 6.07) is 8.87. The first kappa shape index (κ1) is 13.2. The second-order valence-corrected chi connectivity index (χ2v) is 5.56. The molecule has 20 heavy (non-hydrogen) atoms. The number of rotatable bonds is 4. The molecule has 1 aromatic carbocycles. The van der Waals surface area contributed by atoms with Gasteiger partial charge in [0.25, 0.3) is 0 Å². The number of aryl methyl sites for hydroxylation is 1. The molecule has 1 aromatic heterocycles. The Morgan fingerprint density at radius 2 is 2.00 bits per heavy atom. The van der Waals surface area contributed by atoms with E-state index in [0.717, 1.165) is 18.4 Å². The molecule has 2 aromatic rings. The molecule has 0 aliphatic carbocycles. The Morgan fingerprint density at radius 1 is 1.20 bits per heavy atom. The maximum atomic E-state index is 4.78. The number of anilines is 2. The van der Waals surface area contributed by atoms with Gasteiger partial charge in [0.2, 0.25) is 0 Å². The Kier molecular flexibility index (Phi) is 3.77. The molecule has 0 saturated carbocycles. The van der Waals surface area contributed by atoms with Crippen molar-refractivity contribution >= 4 is 22.3 Å². The number of hydrogen-bond donors (Lipinski definition) is 1. The first-order valence-corrected chi connectivity index (χ1v) is 7.68. The zero-order chi connectivity index (χ0) is 13.9. The molecule has 3 heteroatoms. The zero-order valence-electron chi connectivity index (χ0n) is 12.4. The summed E-state index contributed by atoms with van der Waals surface area (Å²) in [6.45, 7) is 4.56. The van der Waals surface area contributed by atoms with Crippen LogP contribution in [0.15, 0.2) is 24.3 Å². The third-order valence-corrected chi connectivity index (χ3v) is 4.09. The van der Waals surface area contributed by atoms with E-state index >= 15 is 0 Å². The maximum Gasteiger partial charge on any atom is 0.0727 e. The topological polar surface area (TPSA) is 28.2 Å². The Morgan fingerprint density at radius 3 is 2.70 bits per heavy atom. The lowest BCUT2D eigenvalue weighted by Crippen LogP contribution is -2.17. The minimum atomic E-state index is 1.04. The predicted molar refractivity (Wildman–Crippen MR) is 86.7 cm³/mol. The largest absolute Gasteiger partial charge is 0.388 e. The molecule has 0 atom stereocenters. The van der Waals surface area contributed by atoms with Crippen LogP contribution in [-0.2, 0) is 6.42 Å². The molecule has 3 nitrogen and oxygen atoms in total. The van der Waals surface area contributed by atoms with Crippen LogP contribution in [0.2, 0.25) is 0 Å². The minimum absolute atomic E-state index is 1.04. The molecule has 1 N–H and O–H groups in total. The van der Waals surface area contributed by atoms with E-state index in [2.05, 4.69) is 41.4 Å². The van der Waals surface area contributed by atoms with Crippen molar-refractivity contribution in [3.8, 4) is 0 Å². The van der Waals surface area contributed by atoms with Gasteiger partial charge in [-0.1, -0.05) is 13.3 Å². The number of nitrogens with one attached hydrogen (secondary N) is 1. The molecule has 2 heterocycles. The lowest BCUT2D eigenvalue weighted by Gasteiger charge is -2.19. The van der Waals surface area contributed by atoms with Crippen LogP contribution in [0.25, 0.3) is 10.9 Å². The van der Waals surface area contributed by atoms with E-state index in [1.165, 1.54) is 48.4 Å². The summed E-state index contributed by atoms with van der Waals surface area (Å²) >= 11 is 0. The summed E-state index contributed by atoms with van der Waals surface area (Å²) in [4.78, 5) is 7.25. The normalized spacial score (nSPS) is 15.0. The summed E-state index contributed by atoms with van der Waals surface area (Å²) < 4.78 is 0. The molecule has 0 radical (unpaired) electrons. The lowest BCUT2D eigenvalue weighted by atomic mass is 10.1. The number of benzene rings is 1. The third kappa shape index (κ3) is 2.45. The van der Waals surface area contributed by atoms with Gasteiger partial charge in [-0.15, -0.1) is 0 Å². The highest BCUT2D eigenvalue weighted by Crippen LogP contribution is 2.29. The number of fused-ring (bicyclic) bond motifs is 1. The van der Waals surface area contributed by atoms with Gasteiger partial charge in [-0.25, -0.2) is 0 Å². The van der Waals surface area contributed by atoms with Gasteiger partial charge in [0, 0.05) is 42.6 Å². The molecular formula is C17H23N3. The van der Waals surface area contributed by atoms with E-state index in [0.29, 0.717) is 0 Å². The summed E-state index contributed by atoms with van der Waals surface area (Å²) in [7, 11) is 1.99. The molecule has 3 rings (SSSR count). The molecule has 1 fully saturated rings. The van der Waals surface area contributed by atoms with Crippen molar-refractivity contribution in [1.82, 2.24) is 4.98 Å². The van der Waals surface area contributed by atoms with Gasteiger partial charge in [-0.3, -0.25) is 4.98 Å². The molecule has 0 spiro atoms. The van der Waals surface area contributed by atoms with E-state index in [9.17, 15) is 0 Å². The second-order valence-electron chi connectivity index (χ2n) is 5.56. The average Bonchev–Trinajstić information content (AvgIpc) is 3.00. The summed E-state index contributed by atoms with van der Waals surface area (Å²) in [5.74, 6) is 0. The number of aromatic nitrogens is 1. The highest BCUT2D eigenvalue weighted by Gasteiger charge is 2.13. The smallest absolute Gasteiger partial charge is 0.0727 e. The number of nitrogens with zero attached hydrogens (tertiary/aromatic N) is 2. The van der Waals surface area contributed by atoms with Crippen LogP contribution in [-0.4, -0.2) is 25.1 Å². The van der Waals surface area contributed by atoms with Crippen molar-refractivity contribution < 1.29 is 0 Å². The van der Waals surface area contributed by atoms with Gasteiger partial charge in [-0.05, 0) is 43.5 Å². The van der Waals surface area contributed by atoms with Gasteiger partial charge < -0.3 is 10.2 Å². The standard InChI is InChI=1S/C17H23N3/c1-3-6-13-11-17(18-2)15-12-14(7-8-16(15)19-13)20-9-4-5-10-20/h7-8,11-12H,3-6,9-10H2,1-2H3,(H,18,19). The molecule has 0 bridgehead atoms. The Balaban J connectivity index is 2.05. The van der Waals surface area contributed by atoms with Crippen LogP contribution < -0.4 is 10.2 Å². The Labute approximate surface area is 121 Å². The highest BCUT2D eigenvalue weighted by molar-refractivity contribution is 5.93. The van der Waals surface area contributed by atoms with E-state index < -0.39 is 0 Å². The van der Waals surface area contributed by atoms with Gasteiger partial charge in [0.15, 0.2) is 0 Å². The van der Waals surface area contributed by atoms with E-state index in [1.54, 1.807) is 0 Å². The molecule has 1 saturated heterocycles.